The van der Waals surface area contributed by atoms with E-state index in [4.69, 9.17) is 9.47 Å². The van der Waals surface area contributed by atoms with Crippen molar-refractivity contribution < 1.29 is 14.3 Å². The average molecular weight is 344 g/mol. The minimum absolute atomic E-state index is 0.0121. The van der Waals surface area contributed by atoms with E-state index >= 15 is 0 Å². The van der Waals surface area contributed by atoms with Crippen LogP contribution in [0.1, 0.15) is 52.0 Å². The molecule has 2 saturated carbocycles. The number of hydrogen-bond donors (Lipinski definition) is 0. The van der Waals surface area contributed by atoms with Crippen molar-refractivity contribution in [1.82, 2.24) is 0 Å². The van der Waals surface area contributed by atoms with Crippen molar-refractivity contribution in [2.45, 2.75) is 59.2 Å². The van der Waals surface area contributed by atoms with Crippen LogP contribution in [0.5, 0.6) is 0 Å². The van der Waals surface area contributed by atoms with Gasteiger partial charge < -0.3 is 9.47 Å². The number of carbonyl (C=O) groups is 1. The molecule has 0 N–H and O–H groups in total. The van der Waals surface area contributed by atoms with Gasteiger partial charge in [-0.25, -0.2) is 0 Å². The molecule has 0 heterocycles. The second kappa shape index (κ2) is 8.35. The molecule has 0 amide bonds. The molecule has 2 fully saturated rings. The van der Waals surface area contributed by atoms with E-state index in [9.17, 15) is 4.79 Å². The maximum atomic E-state index is 12.5. The zero-order valence-corrected chi connectivity index (χ0v) is 15.8. The second-order valence-electron chi connectivity index (χ2n) is 8.40. The zero-order valence-electron chi connectivity index (χ0n) is 15.8. The van der Waals surface area contributed by atoms with Gasteiger partial charge in [0, 0.05) is 0 Å². The normalized spacial score (nSPS) is 31.8. The third-order valence-corrected chi connectivity index (χ3v) is 5.90. The lowest BCUT2D eigenvalue weighted by molar-refractivity contribution is -0.158. The number of esters is 1. The molecule has 0 aromatic heterocycles. The van der Waals surface area contributed by atoms with E-state index in [1.54, 1.807) is 0 Å². The molecule has 2 aliphatic rings. The molecule has 3 heteroatoms. The van der Waals surface area contributed by atoms with E-state index in [0.717, 1.165) is 12.8 Å². The van der Waals surface area contributed by atoms with Crippen LogP contribution in [-0.4, -0.2) is 18.7 Å². The first kappa shape index (κ1) is 18.4. The Labute approximate surface area is 152 Å². The van der Waals surface area contributed by atoms with Crippen molar-refractivity contribution in [3.05, 3.63) is 35.9 Å². The molecule has 2 aliphatic carbocycles. The van der Waals surface area contributed by atoms with Gasteiger partial charge in [-0.3, -0.25) is 4.79 Å². The Morgan fingerprint density at radius 2 is 1.92 bits per heavy atom. The monoisotopic (exact) mass is 344 g/mol. The molecular formula is C22H32O3. The van der Waals surface area contributed by atoms with Crippen LogP contribution in [-0.2, 0) is 20.9 Å². The summed E-state index contributed by atoms with van der Waals surface area (Å²) in [5, 5.41) is 0. The van der Waals surface area contributed by atoms with Crippen LogP contribution in [0.2, 0.25) is 0 Å². The summed E-state index contributed by atoms with van der Waals surface area (Å²) in [6.07, 6.45) is 4.50. The lowest BCUT2D eigenvalue weighted by Gasteiger charge is -2.36. The lowest BCUT2D eigenvalue weighted by atomic mass is 9.75. The number of ether oxygens (including phenoxy) is 2. The van der Waals surface area contributed by atoms with Gasteiger partial charge in [-0.2, -0.15) is 0 Å². The molecule has 1 aromatic rings. The van der Waals surface area contributed by atoms with Gasteiger partial charge in [0.2, 0.25) is 0 Å². The third kappa shape index (κ3) is 5.07. The van der Waals surface area contributed by atoms with Gasteiger partial charge in [0.15, 0.2) is 0 Å². The highest BCUT2D eigenvalue weighted by Gasteiger charge is 2.46. The van der Waals surface area contributed by atoms with Gasteiger partial charge in [-0.05, 0) is 48.5 Å². The maximum Gasteiger partial charge on any atom is 0.309 e. The van der Waals surface area contributed by atoms with E-state index < -0.39 is 0 Å². The number of rotatable bonds is 7. The van der Waals surface area contributed by atoms with Crippen LogP contribution in [0.3, 0.4) is 0 Å². The zero-order chi connectivity index (χ0) is 17.8. The Morgan fingerprint density at radius 3 is 2.64 bits per heavy atom. The Balaban J connectivity index is 1.41. The van der Waals surface area contributed by atoms with Gasteiger partial charge in [0.25, 0.3) is 0 Å². The summed E-state index contributed by atoms with van der Waals surface area (Å²) in [7, 11) is 0. The van der Waals surface area contributed by atoms with Crippen LogP contribution < -0.4 is 0 Å². The van der Waals surface area contributed by atoms with E-state index in [-0.39, 0.29) is 18.0 Å². The first-order valence-electron chi connectivity index (χ1n) is 9.86. The minimum atomic E-state index is 0.0121. The third-order valence-electron chi connectivity index (χ3n) is 5.90. The van der Waals surface area contributed by atoms with Crippen LogP contribution in [0.15, 0.2) is 30.3 Å². The van der Waals surface area contributed by atoms with Crippen molar-refractivity contribution in [1.29, 1.82) is 0 Å². The van der Waals surface area contributed by atoms with E-state index in [0.29, 0.717) is 36.9 Å². The van der Waals surface area contributed by atoms with Crippen molar-refractivity contribution in [3.63, 3.8) is 0 Å². The van der Waals surface area contributed by atoms with E-state index in [1.165, 1.54) is 18.4 Å². The van der Waals surface area contributed by atoms with E-state index in [1.807, 2.05) is 18.2 Å². The fourth-order valence-electron chi connectivity index (χ4n) is 4.11. The predicted molar refractivity (Wildman–Crippen MR) is 98.9 cm³/mol. The average Bonchev–Trinajstić information content (AvgIpc) is 3.35. The fourth-order valence-corrected chi connectivity index (χ4v) is 4.11. The molecule has 25 heavy (non-hydrogen) atoms. The number of hydrogen-bond acceptors (Lipinski definition) is 3. The topological polar surface area (TPSA) is 35.5 Å². The highest BCUT2D eigenvalue weighted by molar-refractivity contribution is 5.76. The molecule has 0 bridgehead atoms. The summed E-state index contributed by atoms with van der Waals surface area (Å²) < 4.78 is 11.7. The van der Waals surface area contributed by atoms with Crippen LogP contribution >= 0.6 is 0 Å². The van der Waals surface area contributed by atoms with Crippen molar-refractivity contribution in [2.24, 2.45) is 29.6 Å². The van der Waals surface area contributed by atoms with Crippen molar-refractivity contribution in [3.8, 4) is 0 Å². The lowest BCUT2D eigenvalue weighted by Crippen LogP contribution is -2.36. The smallest absolute Gasteiger partial charge is 0.309 e. The van der Waals surface area contributed by atoms with Gasteiger partial charge in [-0.15, -0.1) is 0 Å². The predicted octanol–water partition coefficient (Wildman–Crippen LogP) is 4.84. The highest BCUT2D eigenvalue weighted by atomic mass is 16.5. The summed E-state index contributed by atoms with van der Waals surface area (Å²) in [6, 6.07) is 10.2. The molecule has 138 valence electrons. The quantitative estimate of drug-likeness (QED) is 0.664. The minimum Gasteiger partial charge on any atom is -0.462 e. The summed E-state index contributed by atoms with van der Waals surface area (Å²) in [5.74, 6) is 2.17. The molecule has 0 radical (unpaired) electrons. The van der Waals surface area contributed by atoms with Gasteiger partial charge >= 0.3 is 5.97 Å². The summed E-state index contributed by atoms with van der Waals surface area (Å²) in [6.45, 7) is 8.05. The molecule has 5 atom stereocenters. The summed E-state index contributed by atoms with van der Waals surface area (Å²) >= 11 is 0. The second-order valence-corrected chi connectivity index (χ2v) is 8.40. The van der Waals surface area contributed by atoms with Crippen LogP contribution in [0, 0.1) is 29.6 Å². The van der Waals surface area contributed by atoms with Crippen molar-refractivity contribution in [2.75, 3.05) is 6.61 Å². The summed E-state index contributed by atoms with van der Waals surface area (Å²) in [4.78, 5) is 12.5. The molecule has 5 unspecified atom stereocenters. The molecule has 3 nitrogen and oxygen atoms in total. The maximum absolute atomic E-state index is 12.5. The Morgan fingerprint density at radius 1 is 1.16 bits per heavy atom. The first-order chi connectivity index (χ1) is 12.0. The largest absolute Gasteiger partial charge is 0.462 e. The SMILES string of the molecule is CC1CCC(C(C)C)C(OC(=O)C2CC2COCc2ccccc2)C1. The molecule has 1 aromatic carbocycles. The van der Waals surface area contributed by atoms with E-state index in [2.05, 4.69) is 32.9 Å². The molecule has 0 spiro atoms. The van der Waals surface area contributed by atoms with Gasteiger partial charge in [0.05, 0.1) is 19.1 Å². The first-order valence-corrected chi connectivity index (χ1v) is 9.86. The Hall–Kier alpha value is -1.35. The van der Waals surface area contributed by atoms with Crippen LogP contribution in [0.4, 0.5) is 0 Å². The number of carbonyl (C=O) groups excluding carboxylic acids is 1. The fraction of sp³-hybridized carbons (Fsp3) is 0.682. The molecular weight excluding hydrogens is 312 g/mol. The molecule has 3 rings (SSSR count). The summed E-state index contributed by atoms with van der Waals surface area (Å²) in [5.41, 5.74) is 1.18. The Kier molecular flexibility index (Phi) is 6.16. The Bertz CT molecular complexity index is 554. The highest BCUT2D eigenvalue weighted by Crippen LogP contribution is 2.42. The van der Waals surface area contributed by atoms with Gasteiger partial charge in [0.1, 0.15) is 6.10 Å². The van der Waals surface area contributed by atoms with Gasteiger partial charge in [-0.1, -0.05) is 57.5 Å². The number of benzene rings is 1. The standard InChI is InChI=1S/C22H32O3/c1-15(2)19-10-9-16(3)11-21(19)25-22(23)20-12-18(20)14-24-13-17-7-5-4-6-8-17/h4-8,15-16,18-21H,9-14H2,1-3H3. The van der Waals surface area contributed by atoms with Crippen LogP contribution in [0.25, 0.3) is 0 Å². The molecule has 0 aliphatic heterocycles. The van der Waals surface area contributed by atoms with Crippen molar-refractivity contribution >= 4 is 5.97 Å². The molecule has 0 saturated heterocycles.